The lowest BCUT2D eigenvalue weighted by Gasteiger charge is -2.70. The molecule has 1 heterocycles. The molecule has 0 spiro atoms. The van der Waals surface area contributed by atoms with Crippen molar-refractivity contribution in [3.8, 4) is 5.75 Å². The molecule has 0 aliphatic heterocycles. The summed E-state index contributed by atoms with van der Waals surface area (Å²) in [5.74, 6) is -0.771. The molecule has 0 saturated heterocycles. The average Bonchev–Trinajstić information content (AvgIpc) is 3.01. The molecule has 7 nitrogen and oxygen atoms in total. The summed E-state index contributed by atoms with van der Waals surface area (Å²) in [7, 11) is 0. The van der Waals surface area contributed by atoms with Gasteiger partial charge in [0.25, 0.3) is 11.8 Å². The fraction of sp³-hybridized carbons (Fsp3) is 0.450. The standard InChI is InChI=1S/C20H22ClFN4O3/c1-3-26-16(6-12(2)25-26)18(28)24-20-9-19(10-20,11-20)23-17(27)8-29-13-4-5-14(21)15(22)7-13/h4-7H,3,8-11H2,1-2H3,(H,23,27)(H,24,28). The van der Waals surface area contributed by atoms with E-state index in [2.05, 4.69) is 15.7 Å². The maximum absolute atomic E-state index is 13.4. The Labute approximate surface area is 172 Å². The number of nitrogens with zero attached hydrogens (tertiary/aromatic N) is 2. The number of amides is 2. The van der Waals surface area contributed by atoms with Crippen molar-refractivity contribution in [3.63, 3.8) is 0 Å². The van der Waals surface area contributed by atoms with Crippen LogP contribution >= 0.6 is 11.6 Å². The van der Waals surface area contributed by atoms with Gasteiger partial charge in [0.2, 0.25) is 0 Å². The Morgan fingerprint density at radius 2 is 1.93 bits per heavy atom. The highest BCUT2D eigenvalue weighted by Gasteiger charge is 2.69. The monoisotopic (exact) mass is 420 g/mol. The lowest BCUT2D eigenvalue weighted by atomic mass is 9.44. The summed E-state index contributed by atoms with van der Waals surface area (Å²) in [5, 5.41) is 10.4. The van der Waals surface area contributed by atoms with Crippen molar-refractivity contribution in [2.24, 2.45) is 0 Å². The minimum atomic E-state index is -0.596. The van der Waals surface area contributed by atoms with Gasteiger partial charge < -0.3 is 15.4 Å². The molecule has 2 amide bonds. The normalized spacial score (nSPS) is 24.3. The minimum absolute atomic E-state index is 0.000149. The molecule has 3 fully saturated rings. The van der Waals surface area contributed by atoms with Crippen LogP contribution in [0.3, 0.4) is 0 Å². The molecule has 1 aromatic carbocycles. The van der Waals surface area contributed by atoms with Crippen LogP contribution in [0.4, 0.5) is 4.39 Å². The quantitative estimate of drug-likeness (QED) is 0.721. The third-order valence-corrected chi connectivity index (χ3v) is 5.82. The lowest BCUT2D eigenvalue weighted by Crippen LogP contribution is -2.84. The smallest absolute Gasteiger partial charge is 0.269 e. The molecule has 0 unspecified atom stereocenters. The van der Waals surface area contributed by atoms with E-state index in [1.807, 2.05) is 13.8 Å². The molecule has 2 N–H and O–H groups in total. The first-order chi connectivity index (χ1) is 13.7. The van der Waals surface area contributed by atoms with E-state index in [0.717, 1.165) is 11.8 Å². The molecule has 2 aromatic rings. The van der Waals surface area contributed by atoms with Crippen LogP contribution < -0.4 is 15.4 Å². The van der Waals surface area contributed by atoms with Gasteiger partial charge in [-0.3, -0.25) is 14.3 Å². The van der Waals surface area contributed by atoms with Crippen molar-refractivity contribution in [1.82, 2.24) is 20.4 Å². The summed E-state index contributed by atoms with van der Waals surface area (Å²) in [6.45, 7) is 4.21. The van der Waals surface area contributed by atoms with Gasteiger partial charge in [0.15, 0.2) is 6.61 Å². The second-order valence-corrected chi connectivity index (χ2v) is 8.35. The first-order valence-corrected chi connectivity index (χ1v) is 9.87. The van der Waals surface area contributed by atoms with Gasteiger partial charge in [0.05, 0.1) is 10.7 Å². The molecule has 2 bridgehead atoms. The number of halogens is 2. The number of aromatic nitrogens is 2. The van der Waals surface area contributed by atoms with Crippen LogP contribution in [0.2, 0.25) is 5.02 Å². The summed E-state index contributed by atoms with van der Waals surface area (Å²) in [6, 6.07) is 5.80. The second-order valence-electron chi connectivity index (χ2n) is 7.94. The van der Waals surface area contributed by atoms with E-state index in [0.29, 0.717) is 31.5 Å². The number of nitrogens with one attached hydrogen (secondary N) is 2. The number of benzene rings is 1. The Morgan fingerprint density at radius 1 is 1.24 bits per heavy atom. The summed E-state index contributed by atoms with van der Waals surface area (Å²) in [5.41, 5.74) is 0.802. The van der Waals surface area contributed by atoms with Crippen LogP contribution in [0.15, 0.2) is 24.3 Å². The predicted molar refractivity (Wildman–Crippen MR) is 104 cm³/mol. The Balaban J connectivity index is 1.26. The third kappa shape index (κ3) is 3.69. The molecule has 3 aliphatic rings. The predicted octanol–water partition coefficient (Wildman–Crippen LogP) is 2.60. The molecule has 1 aromatic heterocycles. The van der Waals surface area contributed by atoms with Gasteiger partial charge in [-0.15, -0.1) is 0 Å². The van der Waals surface area contributed by atoms with Crippen LogP contribution in [0.1, 0.15) is 42.4 Å². The summed E-state index contributed by atoms with van der Waals surface area (Å²) < 4.78 is 20.4. The topological polar surface area (TPSA) is 85.3 Å². The number of carbonyl (C=O) groups is 2. The van der Waals surface area contributed by atoms with Crippen molar-refractivity contribution in [1.29, 1.82) is 0 Å². The zero-order valence-electron chi connectivity index (χ0n) is 16.2. The zero-order chi connectivity index (χ0) is 20.8. The van der Waals surface area contributed by atoms with E-state index in [4.69, 9.17) is 16.3 Å². The van der Waals surface area contributed by atoms with Gasteiger partial charge in [-0.25, -0.2) is 4.39 Å². The molecule has 5 rings (SSSR count). The van der Waals surface area contributed by atoms with Crippen LogP contribution in [-0.2, 0) is 11.3 Å². The van der Waals surface area contributed by atoms with E-state index in [1.54, 1.807) is 10.7 Å². The molecule has 154 valence electrons. The minimum Gasteiger partial charge on any atom is -0.484 e. The van der Waals surface area contributed by atoms with Crippen LogP contribution in [0.5, 0.6) is 5.75 Å². The first kappa shape index (κ1) is 19.7. The van der Waals surface area contributed by atoms with Crippen LogP contribution in [-0.4, -0.2) is 39.3 Å². The lowest BCUT2D eigenvalue weighted by molar-refractivity contribution is -0.141. The van der Waals surface area contributed by atoms with Crippen molar-refractivity contribution >= 4 is 23.4 Å². The van der Waals surface area contributed by atoms with Crippen LogP contribution in [0.25, 0.3) is 0 Å². The summed E-state index contributed by atoms with van der Waals surface area (Å²) in [6.07, 6.45) is 2.06. The SMILES string of the molecule is CCn1nc(C)cc1C(=O)NC12CC(NC(=O)COc3ccc(Cl)c(F)c3)(C1)C2. The molecule has 3 saturated carbocycles. The van der Waals surface area contributed by atoms with E-state index < -0.39 is 5.82 Å². The largest absolute Gasteiger partial charge is 0.484 e. The number of ether oxygens (including phenoxy) is 1. The van der Waals surface area contributed by atoms with E-state index in [9.17, 15) is 14.0 Å². The fourth-order valence-electron chi connectivity index (χ4n) is 4.37. The van der Waals surface area contributed by atoms with Gasteiger partial charge in [0, 0.05) is 23.7 Å². The van der Waals surface area contributed by atoms with Gasteiger partial charge >= 0.3 is 0 Å². The van der Waals surface area contributed by atoms with Gasteiger partial charge in [-0.2, -0.15) is 5.10 Å². The van der Waals surface area contributed by atoms with E-state index in [1.165, 1.54) is 12.1 Å². The van der Waals surface area contributed by atoms with Crippen molar-refractivity contribution in [3.05, 3.63) is 46.5 Å². The average molecular weight is 421 g/mol. The molecular weight excluding hydrogens is 399 g/mol. The maximum atomic E-state index is 13.4. The van der Waals surface area contributed by atoms with Crippen molar-refractivity contribution in [2.45, 2.75) is 50.7 Å². The Morgan fingerprint density at radius 3 is 2.59 bits per heavy atom. The van der Waals surface area contributed by atoms with Gasteiger partial charge in [-0.05, 0) is 51.3 Å². The summed E-state index contributed by atoms with van der Waals surface area (Å²) in [4.78, 5) is 24.8. The fourth-order valence-corrected chi connectivity index (χ4v) is 4.49. The third-order valence-electron chi connectivity index (χ3n) is 5.51. The summed E-state index contributed by atoms with van der Waals surface area (Å²) >= 11 is 5.62. The van der Waals surface area contributed by atoms with E-state index in [-0.39, 0.29) is 40.3 Å². The molecule has 0 radical (unpaired) electrons. The van der Waals surface area contributed by atoms with Crippen molar-refractivity contribution < 1.29 is 18.7 Å². The Bertz CT molecular complexity index is 970. The van der Waals surface area contributed by atoms with Gasteiger partial charge in [0.1, 0.15) is 17.3 Å². The van der Waals surface area contributed by atoms with Crippen molar-refractivity contribution in [2.75, 3.05) is 6.61 Å². The molecular formula is C20H22ClFN4O3. The maximum Gasteiger partial charge on any atom is 0.269 e. The number of aryl methyl sites for hydroxylation is 2. The zero-order valence-corrected chi connectivity index (χ0v) is 17.0. The molecule has 3 aliphatic carbocycles. The second kappa shape index (κ2) is 7.02. The number of rotatable bonds is 7. The van der Waals surface area contributed by atoms with Crippen LogP contribution in [0, 0.1) is 12.7 Å². The molecule has 9 heteroatoms. The Hall–Kier alpha value is -2.61. The number of hydrogen-bond acceptors (Lipinski definition) is 4. The highest BCUT2D eigenvalue weighted by Crippen LogP contribution is 2.60. The first-order valence-electron chi connectivity index (χ1n) is 9.49. The van der Waals surface area contributed by atoms with E-state index >= 15 is 0 Å². The number of carbonyl (C=O) groups excluding carboxylic acids is 2. The Kier molecular flexibility index (Phi) is 4.77. The van der Waals surface area contributed by atoms with Gasteiger partial charge in [-0.1, -0.05) is 11.6 Å². The number of hydrogen-bond donors (Lipinski definition) is 2. The highest BCUT2D eigenvalue weighted by molar-refractivity contribution is 6.30. The molecule has 29 heavy (non-hydrogen) atoms. The molecule has 0 atom stereocenters. The highest BCUT2D eigenvalue weighted by atomic mass is 35.5.